The molecule has 0 fully saturated rings. The molecule has 35 heavy (non-hydrogen) atoms. The number of benzene rings is 3. The highest BCUT2D eigenvalue weighted by molar-refractivity contribution is 9.10. The lowest BCUT2D eigenvalue weighted by Gasteiger charge is -2.13. The summed E-state index contributed by atoms with van der Waals surface area (Å²) < 4.78 is 4.48. The normalized spacial score (nSPS) is 12.7. The summed E-state index contributed by atoms with van der Waals surface area (Å²) in [5.41, 5.74) is 3.69. The molecule has 0 aliphatic heterocycles. The molecular formula is C28H24BrClN4O. The summed E-state index contributed by atoms with van der Waals surface area (Å²) in [4.78, 5) is 18.3. The average Bonchev–Trinajstić information content (AvgIpc) is 3.22. The number of fused-ring (bicyclic) bond motifs is 2. The van der Waals surface area contributed by atoms with Crippen molar-refractivity contribution in [2.45, 2.75) is 32.7 Å². The van der Waals surface area contributed by atoms with E-state index >= 15 is 0 Å². The van der Waals surface area contributed by atoms with Crippen LogP contribution in [-0.4, -0.2) is 20.4 Å². The summed E-state index contributed by atoms with van der Waals surface area (Å²) >= 11 is 9.52. The lowest BCUT2D eigenvalue weighted by Crippen LogP contribution is -2.23. The van der Waals surface area contributed by atoms with Gasteiger partial charge in [-0.15, -0.1) is 0 Å². The maximum absolute atomic E-state index is 13.5. The first kappa shape index (κ1) is 23.5. The van der Waals surface area contributed by atoms with Gasteiger partial charge in [0, 0.05) is 44.6 Å². The molecule has 7 heteroatoms. The Bertz CT molecular complexity index is 1620. The molecule has 0 spiro atoms. The predicted molar refractivity (Wildman–Crippen MR) is 148 cm³/mol. The van der Waals surface area contributed by atoms with E-state index in [-0.39, 0.29) is 11.5 Å². The van der Waals surface area contributed by atoms with Crippen molar-refractivity contribution in [2.75, 3.05) is 0 Å². The molecule has 0 bridgehead atoms. The lowest BCUT2D eigenvalue weighted by atomic mass is 10.1. The molecule has 0 saturated heterocycles. The first-order chi connectivity index (χ1) is 16.9. The van der Waals surface area contributed by atoms with Gasteiger partial charge in [-0.25, -0.2) is 4.98 Å². The molecule has 5 aromatic rings. The van der Waals surface area contributed by atoms with E-state index in [2.05, 4.69) is 57.8 Å². The van der Waals surface area contributed by atoms with Crippen molar-refractivity contribution < 1.29 is 0 Å². The van der Waals surface area contributed by atoms with Crippen molar-refractivity contribution in [3.8, 4) is 0 Å². The van der Waals surface area contributed by atoms with Crippen LogP contribution in [0.2, 0.25) is 5.02 Å². The van der Waals surface area contributed by atoms with Gasteiger partial charge in [-0.2, -0.15) is 9.78 Å². The molecular weight excluding hydrogens is 524 g/mol. The van der Waals surface area contributed by atoms with Crippen LogP contribution in [-0.2, 0) is 6.54 Å². The highest BCUT2D eigenvalue weighted by atomic mass is 79.9. The third-order valence-electron chi connectivity index (χ3n) is 6.28. The fraction of sp³-hybridized carbons (Fsp3) is 0.179. The van der Waals surface area contributed by atoms with Gasteiger partial charge in [-0.1, -0.05) is 71.7 Å². The smallest absolute Gasteiger partial charge is 0.282 e. The average molecular weight is 548 g/mol. The summed E-state index contributed by atoms with van der Waals surface area (Å²) in [6.45, 7) is 4.85. The van der Waals surface area contributed by atoms with Crippen LogP contribution in [0.15, 0.2) is 87.3 Å². The molecule has 3 aromatic carbocycles. The Hall–Kier alpha value is -3.22. The molecule has 0 aliphatic rings. The standard InChI is InChI=1S/C28H24BrClN4O/c1-3-18(2)27-32-25-13-10-21(29)14-24(25)28(35)34(27)31-15-20-17-33(26-7-5-4-6-23(20)26)16-19-8-11-22(30)12-9-19/h4-15,17-18H,3,16H2,1-2H3/t18-/m0/s1. The number of para-hydroxylation sites is 1. The van der Waals surface area contributed by atoms with Gasteiger partial charge in [-0.05, 0) is 48.4 Å². The van der Waals surface area contributed by atoms with Crippen molar-refractivity contribution in [3.05, 3.63) is 110 Å². The van der Waals surface area contributed by atoms with E-state index in [1.54, 1.807) is 12.3 Å². The SMILES string of the molecule is CC[C@H](C)c1nc2ccc(Br)cc2c(=O)n1N=Cc1cn(Cc2ccc(Cl)cc2)c2ccccc12. The predicted octanol–water partition coefficient (Wildman–Crippen LogP) is 7.21. The molecule has 0 N–H and O–H groups in total. The van der Waals surface area contributed by atoms with E-state index < -0.39 is 0 Å². The molecule has 5 rings (SSSR count). The molecule has 5 nitrogen and oxygen atoms in total. The van der Waals surface area contributed by atoms with Crippen molar-refractivity contribution in [3.63, 3.8) is 0 Å². The van der Waals surface area contributed by atoms with Crippen LogP contribution in [0.4, 0.5) is 0 Å². The van der Waals surface area contributed by atoms with E-state index in [1.165, 1.54) is 4.68 Å². The second-order valence-corrected chi connectivity index (χ2v) is 10.0. The summed E-state index contributed by atoms with van der Waals surface area (Å²) in [5.74, 6) is 0.743. The minimum Gasteiger partial charge on any atom is -0.342 e. The molecule has 0 aliphatic carbocycles. The Labute approximate surface area is 216 Å². The maximum atomic E-state index is 13.5. The zero-order valence-electron chi connectivity index (χ0n) is 19.5. The Morgan fingerprint density at radius 3 is 2.63 bits per heavy atom. The third-order valence-corrected chi connectivity index (χ3v) is 7.03. The summed E-state index contributed by atoms with van der Waals surface area (Å²) in [7, 11) is 0. The lowest BCUT2D eigenvalue weighted by molar-refractivity contribution is 0.613. The van der Waals surface area contributed by atoms with Crippen LogP contribution in [0.3, 0.4) is 0 Å². The van der Waals surface area contributed by atoms with Crippen LogP contribution in [0.25, 0.3) is 21.8 Å². The minimum absolute atomic E-state index is 0.0825. The highest BCUT2D eigenvalue weighted by Gasteiger charge is 2.16. The molecule has 176 valence electrons. The molecule has 2 aromatic heterocycles. The van der Waals surface area contributed by atoms with Crippen LogP contribution >= 0.6 is 27.5 Å². The van der Waals surface area contributed by atoms with Gasteiger partial charge in [-0.3, -0.25) is 4.79 Å². The summed E-state index contributed by atoms with van der Waals surface area (Å²) in [5, 5.41) is 7.00. The van der Waals surface area contributed by atoms with Crippen LogP contribution in [0, 0.1) is 0 Å². The van der Waals surface area contributed by atoms with E-state index in [0.29, 0.717) is 23.3 Å². The van der Waals surface area contributed by atoms with Gasteiger partial charge in [0.1, 0.15) is 5.82 Å². The van der Waals surface area contributed by atoms with Crippen LogP contribution in [0.5, 0.6) is 0 Å². The van der Waals surface area contributed by atoms with Crippen LogP contribution < -0.4 is 5.56 Å². The van der Waals surface area contributed by atoms with E-state index in [9.17, 15) is 4.79 Å². The minimum atomic E-state index is -0.173. The fourth-order valence-electron chi connectivity index (χ4n) is 4.19. The largest absolute Gasteiger partial charge is 0.342 e. The van der Waals surface area contributed by atoms with Crippen LogP contribution in [0.1, 0.15) is 43.1 Å². The fourth-order valence-corrected chi connectivity index (χ4v) is 4.68. The summed E-state index contributed by atoms with van der Waals surface area (Å²) in [6, 6.07) is 21.6. The first-order valence-corrected chi connectivity index (χ1v) is 12.7. The number of hydrogen-bond donors (Lipinski definition) is 0. The molecule has 2 heterocycles. The maximum Gasteiger partial charge on any atom is 0.282 e. The number of nitrogens with zero attached hydrogens (tertiary/aromatic N) is 4. The quantitative estimate of drug-likeness (QED) is 0.211. The van der Waals surface area contributed by atoms with E-state index in [0.717, 1.165) is 37.9 Å². The zero-order valence-corrected chi connectivity index (χ0v) is 21.8. The second-order valence-electron chi connectivity index (χ2n) is 8.66. The number of aromatic nitrogens is 3. The van der Waals surface area contributed by atoms with Crippen molar-refractivity contribution in [2.24, 2.45) is 5.10 Å². The van der Waals surface area contributed by atoms with Gasteiger partial charge >= 0.3 is 0 Å². The first-order valence-electron chi connectivity index (χ1n) is 11.5. The second kappa shape index (κ2) is 9.80. The molecule has 0 radical (unpaired) electrons. The number of halogens is 2. The monoisotopic (exact) mass is 546 g/mol. The molecule has 0 saturated carbocycles. The summed E-state index contributed by atoms with van der Waals surface area (Å²) in [6.07, 6.45) is 4.69. The molecule has 1 atom stereocenters. The van der Waals surface area contributed by atoms with Gasteiger partial charge < -0.3 is 4.57 Å². The Kier molecular flexibility index (Phi) is 6.58. The van der Waals surface area contributed by atoms with E-state index in [4.69, 9.17) is 16.6 Å². The highest BCUT2D eigenvalue weighted by Crippen LogP contribution is 2.23. The van der Waals surface area contributed by atoms with Crippen molar-refractivity contribution in [1.29, 1.82) is 0 Å². The Morgan fingerprint density at radius 1 is 1.09 bits per heavy atom. The van der Waals surface area contributed by atoms with Gasteiger partial charge in [0.2, 0.25) is 0 Å². The third kappa shape index (κ3) is 4.68. The zero-order chi connectivity index (χ0) is 24.5. The number of rotatable bonds is 6. The van der Waals surface area contributed by atoms with Crippen molar-refractivity contribution in [1.82, 2.24) is 14.2 Å². The number of hydrogen-bond acceptors (Lipinski definition) is 3. The molecule has 0 amide bonds. The van der Waals surface area contributed by atoms with Gasteiger partial charge in [0.25, 0.3) is 5.56 Å². The van der Waals surface area contributed by atoms with Gasteiger partial charge in [0.05, 0.1) is 17.1 Å². The van der Waals surface area contributed by atoms with Gasteiger partial charge in [0.15, 0.2) is 0 Å². The topological polar surface area (TPSA) is 52.2 Å². The van der Waals surface area contributed by atoms with Crippen molar-refractivity contribution >= 4 is 55.6 Å². The molecule has 0 unspecified atom stereocenters. The Morgan fingerprint density at radius 2 is 1.86 bits per heavy atom. The Balaban J connectivity index is 1.61. The van der Waals surface area contributed by atoms with E-state index in [1.807, 2.05) is 48.5 Å².